The number of rotatable bonds is 6. The molecule has 0 radical (unpaired) electrons. The Kier molecular flexibility index (Phi) is 5.96. The molecule has 0 aromatic heterocycles. The number of carbonyl (C=O) groups is 2. The van der Waals surface area contributed by atoms with E-state index in [9.17, 15) is 14.7 Å². The molecule has 0 unspecified atom stereocenters. The zero-order chi connectivity index (χ0) is 17.9. The topological polar surface area (TPSA) is 72.9 Å². The van der Waals surface area contributed by atoms with E-state index in [1.54, 1.807) is 11.9 Å². The number of likely N-dealkylation sites (N-methyl/N-ethyl adjacent to an activating group) is 1. The van der Waals surface area contributed by atoms with Gasteiger partial charge >= 0.3 is 0 Å². The van der Waals surface area contributed by atoms with Gasteiger partial charge in [0, 0.05) is 26.6 Å². The lowest BCUT2D eigenvalue weighted by Gasteiger charge is -2.25. The van der Waals surface area contributed by atoms with E-state index in [-0.39, 0.29) is 30.8 Å². The molecule has 1 heterocycles. The van der Waals surface area contributed by atoms with Crippen molar-refractivity contribution < 1.29 is 14.7 Å². The first-order chi connectivity index (χ1) is 11.3. The second kappa shape index (κ2) is 7.77. The summed E-state index contributed by atoms with van der Waals surface area (Å²) in [4.78, 5) is 28.2. The maximum atomic E-state index is 12.6. The molecule has 2 N–H and O–H groups in total. The first kappa shape index (κ1) is 18.4. The van der Waals surface area contributed by atoms with Gasteiger partial charge in [-0.3, -0.25) is 9.59 Å². The average Bonchev–Trinajstić information content (AvgIpc) is 2.81. The third-order valence-electron chi connectivity index (χ3n) is 4.43. The van der Waals surface area contributed by atoms with Crippen molar-refractivity contribution in [3.05, 3.63) is 35.4 Å². The number of nitrogens with one attached hydrogen (secondary N) is 1. The van der Waals surface area contributed by atoms with Crippen LogP contribution < -0.4 is 5.32 Å². The highest BCUT2D eigenvalue weighted by Crippen LogP contribution is 2.37. The number of benzene rings is 1. The molecule has 1 aliphatic heterocycles. The SMILES string of the molecule is Cc1ccc([C@@H]2[C@H](C(=O)NC[C@@H](O)CN(C)C)CC(=O)N2C)cc1. The third kappa shape index (κ3) is 4.33. The Morgan fingerprint density at radius 1 is 1.38 bits per heavy atom. The largest absolute Gasteiger partial charge is 0.390 e. The number of aliphatic hydroxyl groups is 1. The number of amides is 2. The van der Waals surface area contributed by atoms with Crippen molar-refractivity contribution in [1.82, 2.24) is 15.1 Å². The molecule has 1 aliphatic rings. The molecule has 6 nitrogen and oxygen atoms in total. The van der Waals surface area contributed by atoms with Gasteiger partial charge in [-0.05, 0) is 26.6 Å². The number of hydrogen-bond acceptors (Lipinski definition) is 4. The molecule has 1 aromatic carbocycles. The van der Waals surface area contributed by atoms with E-state index in [2.05, 4.69) is 5.32 Å². The van der Waals surface area contributed by atoms with E-state index >= 15 is 0 Å². The molecule has 0 aliphatic carbocycles. The molecule has 1 saturated heterocycles. The van der Waals surface area contributed by atoms with Gasteiger partial charge in [-0.1, -0.05) is 29.8 Å². The summed E-state index contributed by atoms with van der Waals surface area (Å²) in [5, 5.41) is 12.7. The maximum Gasteiger partial charge on any atom is 0.226 e. The van der Waals surface area contributed by atoms with Crippen LogP contribution in [0.1, 0.15) is 23.6 Å². The van der Waals surface area contributed by atoms with Gasteiger partial charge in [0.25, 0.3) is 0 Å². The molecule has 0 spiro atoms. The first-order valence-corrected chi connectivity index (χ1v) is 8.22. The van der Waals surface area contributed by atoms with Gasteiger partial charge in [0.1, 0.15) is 0 Å². The lowest BCUT2D eigenvalue weighted by Crippen LogP contribution is -2.41. The van der Waals surface area contributed by atoms with Crippen LogP contribution in [0.25, 0.3) is 0 Å². The number of aryl methyl sites for hydroxylation is 1. The number of likely N-dealkylation sites (tertiary alicyclic amines) is 1. The summed E-state index contributed by atoms with van der Waals surface area (Å²) >= 11 is 0. The lowest BCUT2D eigenvalue weighted by molar-refractivity contribution is -0.128. The van der Waals surface area contributed by atoms with Crippen LogP contribution in [0.2, 0.25) is 0 Å². The number of hydrogen-bond donors (Lipinski definition) is 2. The summed E-state index contributed by atoms with van der Waals surface area (Å²) in [6.07, 6.45) is -0.429. The normalized spacial score (nSPS) is 22.1. The van der Waals surface area contributed by atoms with E-state index in [0.717, 1.165) is 11.1 Å². The third-order valence-corrected chi connectivity index (χ3v) is 4.43. The van der Waals surface area contributed by atoms with E-state index < -0.39 is 12.0 Å². The van der Waals surface area contributed by atoms with Crippen LogP contribution in [-0.4, -0.2) is 67.1 Å². The molecule has 3 atom stereocenters. The predicted molar refractivity (Wildman–Crippen MR) is 92.4 cm³/mol. The minimum atomic E-state index is -0.628. The maximum absolute atomic E-state index is 12.6. The zero-order valence-electron chi connectivity index (χ0n) is 14.8. The van der Waals surface area contributed by atoms with Crippen molar-refractivity contribution in [3.63, 3.8) is 0 Å². The van der Waals surface area contributed by atoms with Crippen LogP contribution in [0.3, 0.4) is 0 Å². The Labute approximate surface area is 143 Å². The highest BCUT2D eigenvalue weighted by atomic mass is 16.3. The smallest absolute Gasteiger partial charge is 0.226 e. The Bertz CT molecular complexity index is 586. The fraction of sp³-hybridized carbons (Fsp3) is 0.556. The Morgan fingerprint density at radius 2 is 2.00 bits per heavy atom. The van der Waals surface area contributed by atoms with Crippen LogP contribution >= 0.6 is 0 Å². The van der Waals surface area contributed by atoms with Crippen LogP contribution in [0.4, 0.5) is 0 Å². The minimum absolute atomic E-state index is 0.0328. The fourth-order valence-electron chi connectivity index (χ4n) is 3.16. The van der Waals surface area contributed by atoms with Gasteiger partial charge in [0.2, 0.25) is 11.8 Å². The molecule has 2 rings (SSSR count). The van der Waals surface area contributed by atoms with Crippen molar-refractivity contribution in [1.29, 1.82) is 0 Å². The monoisotopic (exact) mass is 333 g/mol. The molecular weight excluding hydrogens is 306 g/mol. The molecule has 24 heavy (non-hydrogen) atoms. The quantitative estimate of drug-likeness (QED) is 0.798. The predicted octanol–water partition coefficient (Wildman–Crippen LogP) is 0.553. The summed E-state index contributed by atoms with van der Waals surface area (Å²) in [6, 6.07) is 7.65. The Balaban J connectivity index is 2.07. The molecule has 1 aromatic rings. The molecule has 2 amide bonds. The van der Waals surface area contributed by atoms with Crippen LogP contribution in [0, 0.1) is 12.8 Å². The van der Waals surface area contributed by atoms with Gasteiger partial charge in [-0.15, -0.1) is 0 Å². The van der Waals surface area contributed by atoms with E-state index in [0.29, 0.717) is 6.54 Å². The van der Waals surface area contributed by atoms with E-state index in [1.165, 1.54) is 0 Å². The van der Waals surface area contributed by atoms with E-state index in [4.69, 9.17) is 0 Å². The van der Waals surface area contributed by atoms with Crippen molar-refractivity contribution in [2.45, 2.75) is 25.5 Å². The van der Waals surface area contributed by atoms with Crippen LogP contribution in [0.5, 0.6) is 0 Å². The van der Waals surface area contributed by atoms with Crippen molar-refractivity contribution in [2.24, 2.45) is 5.92 Å². The summed E-state index contributed by atoms with van der Waals surface area (Å²) in [5.41, 5.74) is 2.10. The molecule has 132 valence electrons. The Hall–Kier alpha value is -1.92. The molecular formula is C18H27N3O3. The first-order valence-electron chi connectivity index (χ1n) is 8.22. The molecule has 0 bridgehead atoms. The average molecular weight is 333 g/mol. The van der Waals surface area contributed by atoms with E-state index in [1.807, 2.05) is 50.2 Å². The second-order valence-corrected chi connectivity index (χ2v) is 6.83. The van der Waals surface area contributed by atoms with Crippen molar-refractivity contribution in [2.75, 3.05) is 34.2 Å². The van der Waals surface area contributed by atoms with Gasteiger partial charge in [-0.25, -0.2) is 0 Å². The van der Waals surface area contributed by atoms with Crippen LogP contribution in [-0.2, 0) is 9.59 Å². The van der Waals surface area contributed by atoms with Crippen LogP contribution in [0.15, 0.2) is 24.3 Å². The van der Waals surface area contributed by atoms with Gasteiger partial charge in [0.15, 0.2) is 0 Å². The highest BCUT2D eigenvalue weighted by molar-refractivity contribution is 5.90. The zero-order valence-corrected chi connectivity index (χ0v) is 14.8. The van der Waals surface area contributed by atoms with Gasteiger partial charge in [-0.2, -0.15) is 0 Å². The standard InChI is InChI=1S/C18H27N3O3/c1-12-5-7-13(8-6-12)17-15(9-16(23)21(17)4)18(24)19-10-14(22)11-20(2)3/h5-8,14-15,17,22H,9-11H2,1-4H3,(H,19,24)/t14-,15-,17-/m1/s1. The minimum Gasteiger partial charge on any atom is -0.390 e. The van der Waals surface area contributed by atoms with Crippen molar-refractivity contribution >= 4 is 11.8 Å². The lowest BCUT2D eigenvalue weighted by atomic mass is 9.92. The Morgan fingerprint density at radius 3 is 2.58 bits per heavy atom. The second-order valence-electron chi connectivity index (χ2n) is 6.83. The summed E-state index contributed by atoms with van der Waals surface area (Å²) in [6.45, 7) is 2.67. The molecule has 6 heteroatoms. The number of nitrogens with zero attached hydrogens (tertiary/aromatic N) is 2. The number of carbonyl (C=O) groups excluding carboxylic acids is 2. The number of aliphatic hydroxyl groups excluding tert-OH is 1. The summed E-state index contributed by atoms with van der Waals surface area (Å²) in [7, 11) is 5.47. The summed E-state index contributed by atoms with van der Waals surface area (Å²) in [5.74, 6) is -0.651. The van der Waals surface area contributed by atoms with Gasteiger partial charge < -0.3 is 20.2 Å². The van der Waals surface area contributed by atoms with Gasteiger partial charge in [0.05, 0.1) is 18.1 Å². The summed E-state index contributed by atoms with van der Waals surface area (Å²) < 4.78 is 0. The molecule has 0 saturated carbocycles. The molecule has 1 fully saturated rings. The highest BCUT2D eigenvalue weighted by Gasteiger charge is 2.42. The van der Waals surface area contributed by atoms with Crippen molar-refractivity contribution in [3.8, 4) is 0 Å². The fourth-order valence-corrected chi connectivity index (χ4v) is 3.16.